The maximum atomic E-state index is 13.3. The van der Waals surface area contributed by atoms with Crippen LogP contribution in [0.1, 0.15) is 49.7 Å². The highest BCUT2D eigenvalue weighted by molar-refractivity contribution is 6.00. The molecular formula is C26H30O5. The molecule has 0 radical (unpaired) electrons. The van der Waals surface area contributed by atoms with E-state index in [1.54, 1.807) is 0 Å². The van der Waals surface area contributed by atoms with E-state index in [4.69, 9.17) is 9.47 Å². The van der Waals surface area contributed by atoms with Crippen LogP contribution in [0.2, 0.25) is 0 Å². The predicted octanol–water partition coefficient (Wildman–Crippen LogP) is 4.73. The molecule has 2 aromatic rings. The second kappa shape index (κ2) is 11.5. The highest BCUT2D eigenvalue weighted by atomic mass is 16.6. The van der Waals surface area contributed by atoms with Crippen molar-refractivity contribution in [2.24, 2.45) is 5.41 Å². The van der Waals surface area contributed by atoms with Crippen LogP contribution in [-0.2, 0) is 32.3 Å². The van der Waals surface area contributed by atoms with Crippen molar-refractivity contribution >= 4 is 11.9 Å². The van der Waals surface area contributed by atoms with Crippen molar-refractivity contribution in [3.05, 3.63) is 83.9 Å². The number of aliphatic hydroxyl groups is 1. The van der Waals surface area contributed by atoms with Crippen molar-refractivity contribution in [1.29, 1.82) is 0 Å². The molecule has 5 heteroatoms. The normalized spacial score (nSPS) is 19.7. The zero-order chi connectivity index (χ0) is 21.9. The maximum absolute atomic E-state index is 13.3. The molecule has 1 N–H and O–H groups in total. The number of benzene rings is 2. The van der Waals surface area contributed by atoms with Gasteiger partial charge in [0.2, 0.25) is 0 Å². The van der Waals surface area contributed by atoms with Crippen LogP contribution in [0.15, 0.2) is 72.8 Å². The number of ether oxygens (including phenoxy) is 2. The molecule has 0 aromatic heterocycles. The van der Waals surface area contributed by atoms with Gasteiger partial charge in [-0.05, 0) is 49.7 Å². The monoisotopic (exact) mass is 422 g/mol. The number of hydrogen-bond donors (Lipinski definition) is 1. The Morgan fingerprint density at radius 3 is 1.94 bits per heavy atom. The molecule has 0 spiro atoms. The van der Waals surface area contributed by atoms with Gasteiger partial charge in [-0.25, -0.2) is 0 Å². The van der Waals surface area contributed by atoms with Crippen LogP contribution in [0.4, 0.5) is 0 Å². The van der Waals surface area contributed by atoms with E-state index in [9.17, 15) is 14.7 Å². The molecule has 1 aliphatic carbocycles. The number of aliphatic hydroxyl groups excluding tert-OH is 1. The summed E-state index contributed by atoms with van der Waals surface area (Å²) in [6, 6.07) is 18.7. The largest absolute Gasteiger partial charge is 0.460 e. The smallest absolute Gasteiger partial charge is 0.324 e. The lowest BCUT2D eigenvalue weighted by Gasteiger charge is -2.30. The summed E-state index contributed by atoms with van der Waals surface area (Å²) in [5.41, 5.74) is 0.219. The summed E-state index contributed by atoms with van der Waals surface area (Å²) < 4.78 is 11.2. The van der Waals surface area contributed by atoms with E-state index in [1.807, 2.05) is 72.8 Å². The molecule has 0 unspecified atom stereocenters. The van der Waals surface area contributed by atoms with Gasteiger partial charge in [-0.1, -0.05) is 72.8 Å². The zero-order valence-corrected chi connectivity index (χ0v) is 17.7. The van der Waals surface area contributed by atoms with Crippen molar-refractivity contribution in [1.82, 2.24) is 0 Å². The standard InChI is InChI=1S/C26H30O5/c27-23-15-9-1-2-10-17-26(18-16-23,24(28)30-19-21-11-5-3-6-12-21)25(29)31-20-22-13-7-4-8-14-22/h2-8,10-14,23,27H,1,9,15-20H2/b10-2+/t23-/m0/s1. The van der Waals surface area contributed by atoms with Crippen LogP contribution in [-0.4, -0.2) is 23.1 Å². The van der Waals surface area contributed by atoms with Crippen LogP contribution in [0, 0.1) is 5.41 Å². The van der Waals surface area contributed by atoms with E-state index < -0.39 is 23.5 Å². The SMILES string of the molecule is O=C(OCc1ccccc1)C1(C(=O)OCc2ccccc2)C/C=C/CCC[C@H](O)CC1. The van der Waals surface area contributed by atoms with Crippen LogP contribution < -0.4 is 0 Å². The molecule has 0 saturated carbocycles. The lowest BCUT2D eigenvalue weighted by atomic mass is 9.78. The molecule has 0 bridgehead atoms. The molecule has 5 nitrogen and oxygen atoms in total. The molecule has 1 atom stereocenters. The minimum atomic E-state index is -1.47. The minimum absolute atomic E-state index is 0.0830. The van der Waals surface area contributed by atoms with Gasteiger partial charge in [-0.15, -0.1) is 0 Å². The van der Waals surface area contributed by atoms with Crippen LogP contribution >= 0.6 is 0 Å². The van der Waals surface area contributed by atoms with Crippen molar-refractivity contribution < 1.29 is 24.2 Å². The third-order valence-corrected chi connectivity index (χ3v) is 5.65. The Balaban J connectivity index is 1.80. The van der Waals surface area contributed by atoms with Gasteiger partial charge in [0.05, 0.1) is 6.10 Å². The van der Waals surface area contributed by atoms with Crippen LogP contribution in [0.25, 0.3) is 0 Å². The zero-order valence-electron chi connectivity index (χ0n) is 17.7. The number of hydrogen-bond acceptors (Lipinski definition) is 5. The third kappa shape index (κ3) is 6.53. The predicted molar refractivity (Wildman–Crippen MR) is 118 cm³/mol. The fourth-order valence-corrected chi connectivity index (χ4v) is 3.71. The van der Waals surface area contributed by atoms with E-state index in [1.165, 1.54) is 0 Å². The summed E-state index contributed by atoms with van der Waals surface area (Å²) >= 11 is 0. The number of carbonyl (C=O) groups excluding carboxylic acids is 2. The van der Waals surface area contributed by atoms with E-state index in [2.05, 4.69) is 0 Å². The average molecular weight is 423 g/mol. The molecule has 1 aliphatic rings. The van der Waals surface area contributed by atoms with Gasteiger partial charge in [0.1, 0.15) is 13.2 Å². The number of esters is 2. The first kappa shape index (κ1) is 22.8. The fourth-order valence-electron chi connectivity index (χ4n) is 3.71. The molecule has 0 aliphatic heterocycles. The van der Waals surface area contributed by atoms with Gasteiger partial charge in [-0.2, -0.15) is 0 Å². The Morgan fingerprint density at radius 2 is 1.39 bits per heavy atom. The quantitative estimate of drug-likeness (QED) is 0.414. The summed E-state index contributed by atoms with van der Waals surface area (Å²) in [7, 11) is 0. The second-order valence-electron chi connectivity index (χ2n) is 8.00. The molecule has 31 heavy (non-hydrogen) atoms. The van der Waals surface area contributed by atoms with E-state index in [0.29, 0.717) is 12.8 Å². The second-order valence-corrected chi connectivity index (χ2v) is 8.00. The van der Waals surface area contributed by atoms with Crippen molar-refractivity contribution in [2.75, 3.05) is 0 Å². The van der Waals surface area contributed by atoms with Gasteiger partial charge in [0.25, 0.3) is 0 Å². The van der Waals surface area contributed by atoms with Crippen molar-refractivity contribution in [3.8, 4) is 0 Å². The maximum Gasteiger partial charge on any atom is 0.324 e. The van der Waals surface area contributed by atoms with Crippen LogP contribution in [0.3, 0.4) is 0 Å². The summed E-state index contributed by atoms with van der Waals surface area (Å²) in [4.78, 5) is 26.6. The Labute approximate surface area is 183 Å². The molecule has 164 valence electrons. The number of rotatable bonds is 6. The van der Waals surface area contributed by atoms with Gasteiger partial charge in [0.15, 0.2) is 5.41 Å². The van der Waals surface area contributed by atoms with E-state index in [-0.39, 0.29) is 26.1 Å². The molecule has 3 rings (SSSR count). The summed E-state index contributed by atoms with van der Waals surface area (Å²) in [5, 5.41) is 10.3. The van der Waals surface area contributed by atoms with Crippen molar-refractivity contribution in [2.45, 2.75) is 57.8 Å². The topological polar surface area (TPSA) is 72.8 Å². The Hall–Kier alpha value is -2.92. The third-order valence-electron chi connectivity index (χ3n) is 5.65. The Bertz CT molecular complexity index is 804. The minimum Gasteiger partial charge on any atom is -0.460 e. The lowest BCUT2D eigenvalue weighted by molar-refractivity contribution is -0.175. The average Bonchev–Trinajstić information content (AvgIpc) is 2.81. The molecule has 0 amide bonds. The highest BCUT2D eigenvalue weighted by Crippen LogP contribution is 2.35. The first-order valence-electron chi connectivity index (χ1n) is 10.9. The van der Waals surface area contributed by atoms with Crippen molar-refractivity contribution in [3.63, 3.8) is 0 Å². The van der Waals surface area contributed by atoms with Gasteiger partial charge in [-0.3, -0.25) is 9.59 Å². The first-order chi connectivity index (χ1) is 15.1. The first-order valence-corrected chi connectivity index (χ1v) is 10.9. The summed E-state index contributed by atoms with van der Waals surface area (Å²) in [6.45, 7) is 0.166. The van der Waals surface area contributed by atoms with Crippen LogP contribution in [0.5, 0.6) is 0 Å². The van der Waals surface area contributed by atoms with E-state index in [0.717, 1.165) is 24.0 Å². The van der Waals surface area contributed by atoms with Gasteiger partial charge >= 0.3 is 11.9 Å². The molecule has 0 heterocycles. The molecule has 0 saturated heterocycles. The summed E-state index contributed by atoms with van der Waals surface area (Å²) in [5.74, 6) is -1.21. The van der Waals surface area contributed by atoms with Gasteiger partial charge < -0.3 is 14.6 Å². The summed E-state index contributed by atoms with van der Waals surface area (Å²) in [6.07, 6.45) is 6.29. The van der Waals surface area contributed by atoms with E-state index >= 15 is 0 Å². The Morgan fingerprint density at radius 1 is 0.839 bits per heavy atom. The lowest BCUT2D eigenvalue weighted by Crippen LogP contribution is -2.42. The molecule has 2 aromatic carbocycles. The highest BCUT2D eigenvalue weighted by Gasteiger charge is 2.48. The molecule has 0 fully saturated rings. The molecular weight excluding hydrogens is 392 g/mol. The Kier molecular flexibility index (Phi) is 8.42. The fraction of sp³-hybridized carbons (Fsp3) is 0.385. The number of allylic oxidation sites excluding steroid dienone is 2. The van der Waals surface area contributed by atoms with Gasteiger partial charge in [0, 0.05) is 0 Å². The number of carbonyl (C=O) groups is 2.